The summed E-state index contributed by atoms with van der Waals surface area (Å²) in [4.78, 5) is 25.4. The number of benzene rings is 1. The van der Waals surface area contributed by atoms with E-state index >= 15 is 0 Å². The molecule has 4 atom stereocenters. The van der Waals surface area contributed by atoms with Crippen LogP contribution in [0.4, 0.5) is 0 Å². The molecule has 2 aliphatic rings. The summed E-state index contributed by atoms with van der Waals surface area (Å²) in [6.45, 7) is 7.59. The lowest BCUT2D eigenvalue weighted by atomic mass is 9.68. The van der Waals surface area contributed by atoms with Crippen LogP contribution in [0.25, 0.3) is 0 Å². The third kappa shape index (κ3) is 3.91. The summed E-state index contributed by atoms with van der Waals surface area (Å²) in [5, 5.41) is 21.3. The highest BCUT2D eigenvalue weighted by molar-refractivity contribution is 5.98. The van der Waals surface area contributed by atoms with Gasteiger partial charge in [-0.25, -0.2) is 0 Å². The van der Waals surface area contributed by atoms with Crippen LogP contribution >= 0.6 is 0 Å². The van der Waals surface area contributed by atoms with Crippen LogP contribution in [0.3, 0.4) is 0 Å². The van der Waals surface area contributed by atoms with Crippen LogP contribution in [-0.4, -0.2) is 47.2 Å². The first-order valence-electron chi connectivity index (χ1n) is 10.5. The largest absolute Gasteiger partial charge is 0.504 e. The van der Waals surface area contributed by atoms with Crippen molar-refractivity contribution in [3.05, 3.63) is 35.4 Å². The number of rotatable bonds is 6. The maximum atomic E-state index is 12.8. The van der Waals surface area contributed by atoms with Gasteiger partial charge in [0.1, 0.15) is 6.61 Å². The fraction of sp³-hybridized carbons (Fsp3) is 0.583. The summed E-state index contributed by atoms with van der Waals surface area (Å²) in [5.74, 6) is -0.310. The summed E-state index contributed by atoms with van der Waals surface area (Å²) in [6.07, 6.45) is 2.95. The fourth-order valence-electron chi connectivity index (χ4n) is 5.12. The Morgan fingerprint density at radius 2 is 2.00 bits per heavy atom. The predicted octanol–water partition coefficient (Wildman–Crippen LogP) is 3.69. The monoisotopic (exact) mass is 416 g/mol. The number of fused-ring (bicyclic) bond motifs is 1. The molecule has 2 aliphatic carbocycles. The second kappa shape index (κ2) is 8.16. The van der Waals surface area contributed by atoms with Gasteiger partial charge in [0.15, 0.2) is 23.1 Å². The third-order valence-corrected chi connectivity index (χ3v) is 7.04. The van der Waals surface area contributed by atoms with E-state index in [4.69, 9.17) is 9.47 Å². The molecule has 30 heavy (non-hydrogen) atoms. The Kier molecular flexibility index (Phi) is 6.12. The number of methoxy groups -OCH3 is 1. The van der Waals surface area contributed by atoms with Gasteiger partial charge in [-0.3, -0.25) is 9.59 Å². The van der Waals surface area contributed by atoms with E-state index < -0.39 is 11.7 Å². The Morgan fingerprint density at radius 3 is 2.63 bits per heavy atom. The van der Waals surface area contributed by atoms with Gasteiger partial charge in [0.05, 0.1) is 18.8 Å². The van der Waals surface area contributed by atoms with Crippen LogP contribution in [-0.2, 0) is 9.53 Å². The number of Topliss-reactive ketones (excluding diaryl/α,β-unsaturated/α-hetero) is 2. The van der Waals surface area contributed by atoms with E-state index in [1.165, 1.54) is 25.3 Å². The van der Waals surface area contributed by atoms with Crippen LogP contribution < -0.4 is 4.74 Å². The molecule has 0 saturated heterocycles. The molecule has 0 aliphatic heterocycles. The zero-order chi connectivity index (χ0) is 22.3. The standard InChI is InChI=1S/C24H32O6/c1-14(2)24(28)9-8-23(4)12-18(26)15(3)10-21(22(23)24)30-13-19(27)16-6-7-17(25)20(11-16)29-5/h6-7,10-11,14,21-22,25,28H,8-9,12-13H2,1-5H3/t21-,22+,23+,24+/m0/s1. The minimum atomic E-state index is -0.967. The minimum Gasteiger partial charge on any atom is -0.504 e. The number of hydrogen-bond donors (Lipinski definition) is 2. The molecule has 0 aromatic heterocycles. The quantitative estimate of drug-likeness (QED) is 0.687. The molecule has 6 nitrogen and oxygen atoms in total. The highest BCUT2D eigenvalue weighted by atomic mass is 16.5. The first kappa shape index (κ1) is 22.5. The van der Waals surface area contributed by atoms with E-state index in [9.17, 15) is 19.8 Å². The zero-order valence-electron chi connectivity index (χ0n) is 18.4. The molecule has 3 rings (SSSR count). The minimum absolute atomic E-state index is 0.00519. The van der Waals surface area contributed by atoms with E-state index in [0.29, 0.717) is 24.0 Å². The summed E-state index contributed by atoms with van der Waals surface area (Å²) >= 11 is 0. The smallest absolute Gasteiger partial charge is 0.188 e. The van der Waals surface area contributed by atoms with Gasteiger partial charge in [-0.2, -0.15) is 0 Å². The number of allylic oxidation sites excluding steroid dienone is 1. The van der Waals surface area contributed by atoms with Crippen LogP contribution in [0.1, 0.15) is 57.3 Å². The average Bonchev–Trinajstić information content (AvgIpc) is 2.91. The highest BCUT2D eigenvalue weighted by Gasteiger charge is 2.59. The van der Waals surface area contributed by atoms with Gasteiger partial charge in [0, 0.05) is 17.9 Å². The molecule has 0 heterocycles. The van der Waals surface area contributed by atoms with Crippen molar-refractivity contribution in [2.24, 2.45) is 17.3 Å². The number of carbonyl (C=O) groups is 2. The molecule has 164 valence electrons. The van der Waals surface area contributed by atoms with E-state index in [-0.39, 0.29) is 46.9 Å². The second-order valence-corrected chi connectivity index (χ2v) is 9.31. The van der Waals surface area contributed by atoms with Crippen LogP contribution in [0.2, 0.25) is 0 Å². The molecule has 0 bridgehead atoms. The number of phenols is 1. The average molecular weight is 417 g/mol. The van der Waals surface area contributed by atoms with Crippen LogP contribution in [0.5, 0.6) is 11.5 Å². The number of hydrogen-bond acceptors (Lipinski definition) is 6. The van der Waals surface area contributed by atoms with Crippen molar-refractivity contribution in [1.29, 1.82) is 0 Å². The lowest BCUT2D eigenvalue weighted by Gasteiger charge is -2.43. The van der Waals surface area contributed by atoms with Crippen molar-refractivity contribution >= 4 is 11.6 Å². The summed E-state index contributed by atoms with van der Waals surface area (Å²) in [6, 6.07) is 4.40. The maximum Gasteiger partial charge on any atom is 0.188 e. The van der Waals surface area contributed by atoms with Crippen molar-refractivity contribution in [1.82, 2.24) is 0 Å². The first-order valence-corrected chi connectivity index (χ1v) is 10.5. The topological polar surface area (TPSA) is 93.1 Å². The van der Waals surface area contributed by atoms with E-state index in [0.717, 1.165) is 6.42 Å². The fourth-order valence-corrected chi connectivity index (χ4v) is 5.12. The van der Waals surface area contributed by atoms with Gasteiger partial charge >= 0.3 is 0 Å². The Morgan fingerprint density at radius 1 is 1.30 bits per heavy atom. The maximum absolute atomic E-state index is 12.8. The molecular weight excluding hydrogens is 384 g/mol. The zero-order valence-corrected chi connectivity index (χ0v) is 18.4. The number of carbonyl (C=O) groups excluding carboxylic acids is 2. The Balaban J connectivity index is 1.88. The van der Waals surface area contributed by atoms with Crippen LogP contribution in [0, 0.1) is 17.3 Å². The van der Waals surface area contributed by atoms with Gasteiger partial charge in [-0.15, -0.1) is 0 Å². The molecule has 2 N–H and O–H groups in total. The van der Waals surface area contributed by atoms with Gasteiger partial charge in [-0.1, -0.05) is 20.8 Å². The lowest BCUT2D eigenvalue weighted by molar-refractivity contribution is -0.124. The Hall–Kier alpha value is -2.18. The Labute approximate surface area is 177 Å². The number of aliphatic hydroxyl groups is 1. The molecule has 0 radical (unpaired) electrons. The van der Waals surface area contributed by atoms with Crippen molar-refractivity contribution < 1.29 is 29.3 Å². The van der Waals surface area contributed by atoms with Crippen molar-refractivity contribution in [2.75, 3.05) is 13.7 Å². The van der Waals surface area contributed by atoms with Gasteiger partial charge < -0.3 is 19.7 Å². The van der Waals surface area contributed by atoms with Crippen molar-refractivity contribution in [2.45, 2.75) is 58.7 Å². The molecule has 0 amide bonds. The number of phenolic OH excluding ortho intramolecular Hbond substituents is 1. The molecule has 1 aromatic rings. The van der Waals surface area contributed by atoms with Gasteiger partial charge in [0.25, 0.3) is 0 Å². The predicted molar refractivity (Wildman–Crippen MR) is 113 cm³/mol. The van der Waals surface area contributed by atoms with Crippen molar-refractivity contribution in [3.8, 4) is 11.5 Å². The van der Waals surface area contributed by atoms with Crippen LogP contribution in [0.15, 0.2) is 29.8 Å². The molecule has 1 saturated carbocycles. The molecule has 0 spiro atoms. The van der Waals surface area contributed by atoms with E-state index in [1.54, 1.807) is 13.0 Å². The molecule has 0 unspecified atom stereocenters. The van der Waals surface area contributed by atoms with Gasteiger partial charge in [0.2, 0.25) is 0 Å². The first-order chi connectivity index (χ1) is 14.0. The normalized spacial score (nSPS) is 31.3. The number of ether oxygens (including phenoxy) is 2. The molecule has 6 heteroatoms. The highest BCUT2D eigenvalue weighted by Crippen LogP contribution is 2.57. The summed E-state index contributed by atoms with van der Waals surface area (Å²) < 4.78 is 11.2. The lowest BCUT2D eigenvalue weighted by Crippen LogP contribution is -2.49. The molecular formula is C24H32O6. The Bertz CT molecular complexity index is 872. The summed E-state index contributed by atoms with van der Waals surface area (Å²) in [7, 11) is 1.42. The molecule has 1 fully saturated rings. The molecule has 1 aromatic carbocycles. The number of aromatic hydroxyl groups is 1. The summed E-state index contributed by atoms with van der Waals surface area (Å²) in [5.41, 5.74) is -0.380. The van der Waals surface area contributed by atoms with E-state index in [2.05, 4.69) is 0 Å². The number of ketones is 2. The SMILES string of the molecule is COc1cc(C(=O)CO[C@H]2C=C(C)C(=O)C[C@@]3(C)CC[C@@](O)(C(C)C)[C@H]23)ccc1O. The third-order valence-electron chi connectivity index (χ3n) is 7.04. The second-order valence-electron chi connectivity index (χ2n) is 9.31. The van der Waals surface area contributed by atoms with E-state index in [1.807, 2.05) is 20.8 Å². The van der Waals surface area contributed by atoms with Gasteiger partial charge in [-0.05, 0) is 60.9 Å². The van der Waals surface area contributed by atoms with Crippen molar-refractivity contribution in [3.63, 3.8) is 0 Å².